The minimum absolute atomic E-state index is 0.177. The Morgan fingerprint density at radius 3 is 2.04 bits per heavy atom. The zero-order valence-corrected chi connectivity index (χ0v) is 15.3. The highest BCUT2D eigenvalue weighted by Gasteiger charge is 2.35. The van der Waals surface area contributed by atoms with E-state index in [1.54, 1.807) is 19.9 Å². The molecule has 1 aliphatic heterocycles. The molecule has 0 atom stereocenters. The van der Waals surface area contributed by atoms with Gasteiger partial charge < -0.3 is 19.5 Å². The third-order valence-corrected chi connectivity index (χ3v) is 4.27. The SMILES string of the molecule is COC(=O)c1cc(OC)cc(OC)c1C1C(C#N)=C(C)NC(C)=C1C#N. The maximum absolute atomic E-state index is 12.4. The van der Waals surface area contributed by atoms with Gasteiger partial charge in [0.25, 0.3) is 0 Å². The molecule has 0 unspecified atom stereocenters. The number of ether oxygens (including phenoxy) is 3. The van der Waals surface area contributed by atoms with E-state index in [4.69, 9.17) is 14.2 Å². The Morgan fingerprint density at radius 2 is 1.62 bits per heavy atom. The highest BCUT2D eigenvalue weighted by Crippen LogP contribution is 2.44. The quantitative estimate of drug-likeness (QED) is 0.830. The number of carbonyl (C=O) groups excluding carboxylic acids is 1. The van der Waals surface area contributed by atoms with Gasteiger partial charge in [-0.3, -0.25) is 0 Å². The summed E-state index contributed by atoms with van der Waals surface area (Å²) in [5, 5.41) is 22.4. The Kier molecular flexibility index (Phi) is 5.54. The lowest BCUT2D eigenvalue weighted by molar-refractivity contribution is 0.0598. The van der Waals surface area contributed by atoms with Crippen LogP contribution in [0.1, 0.15) is 35.7 Å². The van der Waals surface area contributed by atoms with E-state index in [1.807, 2.05) is 0 Å². The van der Waals surface area contributed by atoms with Gasteiger partial charge in [-0.15, -0.1) is 0 Å². The maximum atomic E-state index is 12.4. The number of hydrogen-bond donors (Lipinski definition) is 1. The Morgan fingerprint density at radius 1 is 1.04 bits per heavy atom. The fourth-order valence-electron chi connectivity index (χ4n) is 3.04. The summed E-state index contributed by atoms with van der Waals surface area (Å²) < 4.78 is 15.6. The molecule has 0 amide bonds. The van der Waals surface area contributed by atoms with Gasteiger partial charge in [-0.2, -0.15) is 10.5 Å². The number of hydrogen-bond acceptors (Lipinski definition) is 7. The number of nitrogens with one attached hydrogen (secondary N) is 1. The van der Waals surface area contributed by atoms with Gasteiger partial charge in [0.1, 0.15) is 11.5 Å². The van der Waals surface area contributed by atoms with Crippen LogP contribution < -0.4 is 14.8 Å². The summed E-state index contributed by atoms with van der Waals surface area (Å²) in [4.78, 5) is 12.4. The summed E-state index contributed by atoms with van der Waals surface area (Å²) in [6.07, 6.45) is 0. The Bertz CT molecular complexity index is 865. The number of carbonyl (C=O) groups is 1. The number of rotatable bonds is 4. The van der Waals surface area contributed by atoms with Crippen molar-refractivity contribution in [2.24, 2.45) is 0 Å². The first-order valence-electron chi connectivity index (χ1n) is 7.76. The van der Waals surface area contributed by atoms with Crippen molar-refractivity contribution in [3.63, 3.8) is 0 Å². The number of nitriles is 2. The minimum Gasteiger partial charge on any atom is -0.497 e. The van der Waals surface area contributed by atoms with E-state index in [1.165, 1.54) is 27.4 Å². The number of nitrogens with zero attached hydrogens (tertiary/aromatic N) is 2. The molecule has 0 spiro atoms. The van der Waals surface area contributed by atoms with Crippen molar-refractivity contribution in [1.82, 2.24) is 5.32 Å². The topological polar surface area (TPSA) is 104 Å². The average Bonchev–Trinajstić information content (AvgIpc) is 2.65. The molecule has 0 radical (unpaired) electrons. The van der Waals surface area contributed by atoms with E-state index in [-0.39, 0.29) is 5.56 Å². The van der Waals surface area contributed by atoms with Crippen molar-refractivity contribution in [1.29, 1.82) is 10.5 Å². The molecule has 0 bridgehead atoms. The fraction of sp³-hybridized carbons (Fsp3) is 0.316. The normalized spacial score (nSPS) is 14.3. The van der Waals surface area contributed by atoms with Crippen LogP contribution in [-0.2, 0) is 4.74 Å². The van der Waals surface area contributed by atoms with E-state index in [2.05, 4.69) is 17.5 Å². The molecule has 0 fully saturated rings. The predicted molar refractivity (Wildman–Crippen MR) is 93.4 cm³/mol. The van der Waals surface area contributed by atoms with Crippen molar-refractivity contribution < 1.29 is 19.0 Å². The summed E-state index contributed by atoms with van der Waals surface area (Å²) in [5.41, 5.74) is 2.47. The molecule has 1 aromatic rings. The van der Waals surface area contributed by atoms with Crippen LogP contribution in [0, 0.1) is 22.7 Å². The molecule has 134 valence electrons. The lowest BCUT2D eigenvalue weighted by Crippen LogP contribution is -2.25. The Balaban J connectivity index is 2.91. The van der Waals surface area contributed by atoms with Gasteiger partial charge in [0.2, 0.25) is 0 Å². The van der Waals surface area contributed by atoms with E-state index in [0.717, 1.165) is 0 Å². The van der Waals surface area contributed by atoms with Crippen LogP contribution in [0.4, 0.5) is 0 Å². The molecular formula is C19H19N3O4. The van der Waals surface area contributed by atoms with Crippen LogP contribution in [0.3, 0.4) is 0 Å². The van der Waals surface area contributed by atoms with Crippen LogP contribution in [0.15, 0.2) is 34.7 Å². The molecule has 7 heteroatoms. The van der Waals surface area contributed by atoms with Gasteiger partial charge in [-0.05, 0) is 19.9 Å². The molecule has 1 N–H and O–H groups in total. The highest BCUT2D eigenvalue weighted by atomic mass is 16.5. The number of benzene rings is 1. The summed E-state index contributed by atoms with van der Waals surface area (Å²) in [6, 6.07) is 7.41. The number of dihydropyridines is 1. The third-order valence-electron chi connectivity index (χ3n) is 4.27. The molecular weight excluding hydrogens is 334 g/mol. The van der Waals surface area contributed by atoms with Crippen LogP contribution in [-0.4, -0.2) is 27.3 Å². The van der Waals surface area contributed by atoms with E-state index in [0.29, 0.717) is 39.6 Å². The van der Waals surface area contributed by atoms with Crippen molar-refractivity contribution in [2.75, 3.05) is 21.3 Å². The minimum atomic E-state index is -0.749. The molecule has 0 saturated heterocycles. The summed E-state index contributed by atoms with van der Waals surface area (Å²) in [6.45, 7) is 3.49. The molecule has 1 aliphatic rings. The summed E-state index contributed by atoms with van der Waals surface area (Å²) >= 11 is 0. The maximum Gasteiger partial charge on any atom is 0.338 e. The average molecular weight is 353 g/mol. The smallest absolute Gasteiger partial charge is 0.338 e. The molecule has 2 rings (SSSR count). The molecule has 7 nitrogen and oxygen atoms in total. The second-order valence-corrected chi connectivity index (χ2v) is 5.64. The summed E-state index contributed by atoms with van der Waals surface area (Å²) in [7, 11) is 4.18. The Labute approximate surface area is 152 Å². The molecule has 0 aromatic heterocycles. The first kappa shape index (κ1) is 18.9. The molecule has 1 heterocycles. The van der Waals surface area contributed by atoms with Crippen LogP contribution in [0.25, 0.3) is 0 Å². The predicted octanol–water partition coefficient (Wildman–Crippen LogP) is 2.77. The molecule has 26 heavy (non-hydrogen) atoms. The highest BCUT2D eigenvalue weighted by molar-refractivity contribution is 5.93. The van der Waals surface area contributed by atoms with E-state index < -0.39 is 11.9 Å². The zero-order chi connectivity index (χ0) is 19.4. The van der Waals surface area contributed by atoms with E-state index >= 15 is 0 Å². The third kappa shape index (κ3) is 3.07. The van der Waals surface area contributed by atoms with Crippen molar-refractivity contribution in [2.45, 2.75) is 19.8 Å². The van der Waals surface area contributed by atoms with Gasteiger partial charge in [-0.25, -0.2) is 4.79 Å². The number of methoxy groups -OCH3 is 3. The first-order chi connectivity index (χ1) is 12.4. The molecule has 0 saturated carbocycles. The molecule has 1 aromatic carbocycles. The first-order valence-corrected chi connectivity index (χ1v) is 7.76. The lowest BCUT2D eigenvalue weighted by Gasteiger charge is -2.28. The van der Waals surface area contributed by atoms with Crippen LogP contribution in [0.2, 0.25) is 0 Å². The Hall–Kier alpha value is -3.45. The van der Waals surface area contributed by atoms with Crippen molar-refractivity contribution in [3.05, 3.63) is 45.8 Å². The zero-order valence-electron chi connectivity index (χ0n) is 15.3. The van der Waals surface area contributed by atoms with Crippen molar-refractivity contribution >= 4 is 5.97 Å². The van der Waals surface area contributed by atoms with Gasteiger partial charge in [0.15, 0.2) is 0 Å². The van der Waals surface area contributed by atoms with Gasteiger partial charge >= 0.3 is 5.97 Å². The van der Waals surface area contributed by atoms with Gasteiger partial charge in [0.05, 0.1) is 56.1 Å². The summed E-state index contributed by atoms with van der Waals surface area (Å²) in [5.74, 6) is -0.627. The lowest BCUT2D eigenvalue weighted by atomic mass is 9.79. The number of esters is 1. The van der Waals surface area contributed by atoms with E-state index in [9.17, 15) is 15.3 Å². The van der Waals surface area contributed by atoms with Crippen LogP contribution >= 0.6 is 0 Å². The largest absolute Gasteiger partial charge is 0.497 e. The molecule has 0 aliphatic carbocycles. The second kappa shape index (κ2) is 7.62. The van der Waals surface area contributed by atoms with Gasteiger partial charge in [0, 0.05) is 23.0 Å². The van der Waals surface area contributed by atoms with Gasteiger partial charge in [-0.1, -0.05) is 0 Å². The second-order valence-electron chi connectivity index (χ2n) is 5.64. The standard InChI is InChI=1S/C19H19N3O4/c1-10-14(8-20)17(15(9-21)11(2)22-10)18-13(19(23)26-5)6-12(24-3)7-16(18)25-4/h6-7,17,22H,1-5H3. The van der Waals surface area contributed by atoms with Crippen LogP contribution in [0.5, 0.6) is 11.5 Å². The fourth-order valence-corrected chi connectivity index (χ4v) is 3.04. The van der Waals surface area contributed by atoms with Crippen molar-refractivity contribution in [3.8, 4) is 23.6 Å². The number of allylic oxidation sites excluding steroid dienone is 4. The monoisotopic (exact) mass is 353 g/mol.